The van der Waals surface area contributed by atoms with Gasteiger partial charge >= 0.3 is 5.69 Å². The Bertz CT molecular complexity index is 1090. The SMILES string of the molecule is COc1ccc(Cc2cnc([C@H]3CCCN(C(=O)c4cc(C)[nH]c(=O)n4)C3)o2)cc1. The fourth-order valence-electron chi connectivity index (χ4n) is 3.75. The highest BCUT2D eigenvalue weighted by Crippen LogP contribution is 2.28. The van der Waals surface area contributed by atoms with Crippen molar-refractivity contribution in [2.75, 3.05) is 20.2 Å². The lowest BCUT2D eigenvalue weighted by Gasteiger charge is -2.31. The van der Waals surface area contributed by atoms with E-state index in [2.05, 4.69) is 15.0 Å². The summed E-state index contributed by atoms with van der Waals surface area (Å²) in [5.74, 6) is 2.03. The molecule has 0 aliphatic carbocycles. The maximum absolute atomic E-state index is 12.8. The van der Waals surface area contributed by atoms with Crippen LogP contribution in [0.3, 0.4) is 0 Å². The number of methoxy groups -OCH3 is 1. The number of oxazole rings is 1. The third-order valence-electron chi connectivity index (χ3n) is 5.27. The van der Waals surface area contributed by atoms with Crippen molar-refractivity contribution in [1.82, 2.24) is 19.9 Å². The number of nitrogens with one attached hydrogen (secondary N) is 1. The number of ether oxygens (including phenoxy) is 1. The molecule has 3 aromatic rings. The number of piperidine rings is 1. The van der Waals surface area contributed by atoms with Gasteiger partial charge in [-0.1, -0.05) is 12.1 Å². The highest BCUT2D eigenvalue weighted by Gasteiger charge is 2.29. The van der Waals surface area contributed by atoms with Gasteiger partial charge in [-0.2, -0.15) is 4.98 Å². The maximum atomic E-state index is 12.8. The Balaban J connectivity index is 1.44. The van der Waals surface area contributed by atoms with Crippen LogP contribution < -0.4 is 10.4 Å². The zero-order valence-electron chi connectivity index (χ0n) is 17.1. The molecule has 0 saturated carbocycles. The van der Waals surface area contributed by atoms with Gasteiger partial charge in [0.2, 0.25) is 0 Å². The molecule has 1 aliphatic heterocycles. The number of likely N-dealkylation sites (tertiary alicyclic amines) is 1. The second kappa shape index (κ2) is 8.52. The van der Waals surface area contributed by atoms with E-state index in [-0.39, 0.29) is 17.5 Å². The molecule has 0 spiro atoms. The molecule has 0 bridgehead atoms. The Kier molecular flexibility index (Phi) is 5.65. The fourth-order valence-corrected chi connectivity index (χ4v) is 3.75. The predicted molar refractivity (Wildman–Crippen MR) is 110 cm³/mol. The minimum atomic E-state index is -0.511. The van der Waals surface area contributed by atoms with Crippen molar-refractivity contribution in [2.45, 2.75) is 32.1 Å². The summed E-state index contributed by atoms with van der Waals surface area (Å²) < 4.78 is 11.2. The first kappa shape index (κ1) is 19.9. The number of aromatic amines is 1. The number of aromatic nitrogens is 3. The summed E-state index contributed by atoms with van der Waals surface area (Å²) in [4.78, 5) is 37.0. The first-order chi connectivity index (χ1) is 14.5. The van der Waals surface area contributed by atoms with Crippen molar-refractivity contribution in [3.05, 3.63) is 75.6 Å². The van der Waals surface area contributed by atoms with Gasteiger partial charge in [-0.3, -0.25) is 4.79 Å². The van der Waals surface area contributed by atoms with Crippen LogP contribution in [0, 0.1) is 6.92 Å². The molecule has 1 fully saturated rings. The summed E-state index contributed by atoms with van der Waals surface area (Å²) in [6.07, 6.45) is 4.13. The minimum absolute atomic E-state index is 0.0235. The molecule has 0 radical (unpaired) electrons. The van der Waals surface area contributed by atoms with Crippen LogP contribution >= 0.6 is 0 Å². The van der Waals surface area contributed by atoms with Gasteiger partial charge in [-0.25, -0.2) is 9.78 Å². The van der Waals surface area contributed by atoms with Crippen LogP contribution in [0.4, 0.5) is 0 Å². The molecule has 8 heteroatoms. The molecule has 1 saturated heterocycles. The number of amides is 1. The normalized spacial score (nSPS) is 16.5. The van der Waals surface area contributed by atoms with Crippen LogP contribution in [0.2, 0.25) is 0 Å². The van der Waals surface area contributed by atoms with Crippen molar-refractivity contribution < 1.29 is 13.9 Å². The largest absolute Gasteiger partial charge is 0.497 e. The Morgan fingerprint density at radius 2 is 2.13 bits per heavy atom. The van der Waals surface area contributed by atoms with Crippen molar-refractivity contribution in [1.29, 1.82) is 0 Å². The molecule has 1 atom stereocenters. The average molecular weight is 408 g/mol. The number of carbonyl (C=O) groups is 1. The second-order valence-electron chi connectivity index (χ2n) is 7.53. The molecule has 8 nitrogen and oxygen atoms in total. The number of aryl methyl sites for hydroxylation is 1. The van der Waals surface area contributed by atoms with Crippen LogP contribution in [-0.2, 0) is 6.42 Å². The first-order valence-electron chi connectivity index (χ1n) is 9.96. The number of nitrogens with zero attached hydrogens (tertiary/aromatic N) is 3. The smallest absolute Gasteiger partial charge is 0.345 e. The number of benzene rings is 1. The molecule has 1 aromatic carbocycles. The van der Waals surface area contributed by atoms with Crippen LogP contribution in [0.25, 0.3) is 0 Å². The summed E-state index contributed by atoms with van der Waals surface area (Å²) in [5, 5.41) is 0. The van der Waals surface area contributed by atoms with Crippen LogP contribution in [0.5, 0.6) is 5.75 Å². The molecule has 4 rings (SSSR count). The van der Waals surface area contributed by atoms with E-state index in [0.717, 1.165) is 29.9 Å². The van der Waals surface area contributed by atoms with E-state index in [1.807, 2.05) is 24.3 Å². The van der Waals surface area contributed by atoms with E-state index >= 15 is 0 Å². The van der Waals surface area contributed by atoms with E-state index in [1.54, 1.807) is 31.2 Å². The Morgan fingerprint density at radius 1 is 1.33 bits per heavy atom. The lowest BCUT2D eigenvalue weighted by Crippen LogP contribution is -2.40. The molecule has 30 heavy (non-hydrogen) atoms. The Hall–Kier alpha value is -3.42. The van der Waals surface area contributed by atoms with Crippen LogP contribution in [-0.4, -0.2) is 46.0 Å². The lowest BCUT2D eigenvalue weighted by molar-refractivity contribution is 0.0691. The third kappa shape index (κ3) is 4.42. The monoisotopic (exact) mass is 408 g/mol. The van der Waals surface area contributed by atoms with Crippen molar-refractivity contribution >= 4 is 5.91 Å². The number of carbonyl (C=O) groups excluding carboxylic acids is 1. The quantitative estimate of drug-likeness (QED) is 0.697. The van der Waals surface area contributed by atoms with E-state index in [0.29, 0.717) is 31.1 Å². The number of hydrogen-bond acceptors (Lipinski definition) is 6. The summed E-state index contributed by atoms with van der Waals surface area (Å²) in [6, 6.07) is 9.44. The highest BCUT2D eigenvalue weighted by atomic mass is 16.5. The molecule has 156 valence electrons. The molecular formula is C22H24N4O4. The van der Waals surface area contributed by atoms with Gasteiger partial charge in [0.05, 0.1) is 19.2 Å². The van der Waals surface area contributed by atoms with Gasteiger partial charge in [0.15, 0.2) is 5.89 Å². The van der Waals surface area contributed by atoms with Crippen molar-refractivity contribution in [3.8, 4) is 5.75 Å². The molecule has 1 N–H and O–H groups in total. The molecule has 1 amide bonds. The van der Waals surface area contributed by atoms with Crippen molar-refractivity contribution in [3.63, 3.8) is 0 Å². The minimum Gasteiger partial charge on any atom is -0.497 e. The van der Waals surface area contributed by atoms with Gasteiger partial charge in [0.25, 0.3) is 5.91 Å². The van der Waals surface area contributed by atoms with Crippen LogP contribution in [0.1, 0.15) is 52.2 Å². The zero-order chi connectivity index (χ0) is 21.1. The Labute approximate surface area is 173 Å². The maximum Gasteiger partial charge on any atom is 0.345 e. The third-order valence-corrected chi connectivity index (χ3v) is 5.27. The van der Waals surface area contributed by atoms with Gasteiger partial charge in [-0.15, -0.1) is 0 Å². The summed E-state index contributed by atoms with van der Waals surface area (Å²) in [5.41, 5.74) is 1.38. The zero-order valence-corrected chi connectivity index (χ0v) is 17.1. The number of hydrogen-bond donors (Lipinski definition) is 1. The fraction of sp³-hybridized carbons (Fsp3) is 0.364. The summed E-state index contributed by atoms with van der Waals surface area (Å²) >= 11 is 0. The highest BCUT2D eigenvalue weighted by molar-refractivity contribution is 5.92. The second-order valence-corrected chi connectivity index (χ2v) is 7.53. The van der Waals surface area contributed by atoms with Gasteiger partial charge in [0, 0.05) is 25.2 Å². The van der Waals surface area contributed by atoms with E-state index < -0.39 is 5.69 Å². The Morgan fingerprint density at radius 3 is 2.87 bits per heavy atom. The van der Waals surface area contributed by atoms with Crippen molar-refractivity contribution in [2.24, 2.45) is 0 Å². The van der Waals surface area contributed by atoms with Gasteiger partial charge in [0.1, 0.15) is 17.2 Å². The summed E-state index contributed by atoms with van der Waals surface area (Å²) in [6.45, 7) is 2.85. The number of rotatable bonds is 5. The average Bonchev–Trinajstić information content (AvgIpc) is 3.22. The lowest BCUT2D eigenvalue weighted by atomic mass is 9.97. The molecule has 0 unspecified atom stereocenters. The van der Waals surface area contributed by atoms with Crippen LogP contribution in [0.15, 0.2) is 45.7 Å². The van der Waals surface area contributed by atoms with Gasteiger partial charge < -0.3 is 19.0 Å². The standard InChI is InChI=1S/C22H24N4O4/c1-14-10-19(25-22(28)24-14)21(27)26-9-3-4-16(13-26)20-23-12-18(30-20)11-15-5-7-17(29-2)8-6-15/h5-8,10,12,16H,3-4,9,11,13H2,1-2H3,(H,24,25,28)/t16-/m0/s1. The topological polar surface area (TPSA) is 101 Å². The van der Waals surface area contributed by atoms with E-state index in [1.165, 1.54) is 0 Å². The predicted octanol–water partition coefficient (Wildman–Crippen LogP) is 2.69. The van der Waals surface area contributed by atoms with E-state index in [4.69, 9.17) is 9.15 Å². The molecule has 1 aliphatic rings. The first-order valence-corrected chi connectivity index (χ1v) is 9.96. The summed E-state index contributed by atoms with van der Waals surface area (Å²) in [7, 11) is 1.64. The molecular weight excluding hydrogens is 384 g/mol. The number of H-pyrrole nitrogens is 1. The van der Waals surface area contributed by atoms with E-state index in [9.17, 15) is 9.59 Å². The van der Waals surface area contributed by atoms with Gasteiger partial charge in [-0.05, 0) is 43.5 Å². The molecule has 2 aromatic heterocycles. The molecule has 3 heterocycles.